The minimum atomic E-state index is -0.509. The molecule has 86 valence electrons. The highest BCUT2D eigenvalue weighted by molar-refractivity contribution is 5.46. The van der Waals surface area contributed by atoms with Crippen LogP contribution in [0, 0.1) is 6.92 Å². The van der Waals surface area contributed by atoms with Crippen molar-refractivity contribution >= 4 is 0 Å². The quantitative estimate of drug-likeness (QED) is 0.781. The predicted molar refractivity (Wildman–Crippen MR) is 59.0 cm³/mol. The summed E-state index contributed by atoms with van der Waals surface area (Å²) in [7, 11) is 0. The second-order valence-corrected chi connectivity index (χ2v) is 4.49. The van der Waals surface area contributed by atoms with E-state index in [0.717, 1.165) is 29.5 Å². The van der Waals surface area contributed by atoms with Crippen LogP contribution in [0.1, 0.15) is 28.7 Å². The van der Waals surface area contributed by atoms with Crippen molar-refractivity contribution in [2.75, 3.05) is 13.2 Å². The third-order valence-electron chi connectivity index (χ3n) is 3.69. The molecule has 3 heteroatoms. The highest BCUT2D eigenvalue weighted by Gasteiger charge is 2.45. The summed E-state index contributed by atoms with van der Waals surface area (Å²) in [4.78, 5) is 0. The van der Waals surface area contributed by atoms with E-state index in [-0.39, 0.29) is 6.61 Å². The van der Waals surface area contributed by atoms with Crippen LogP contribution >= 0.6 is 0 Å². The van der Waals surface area contributed by atoms with Gasteiger partial charge in [-0.05, 0) is 30.0 Å². The minimum absolute atomic E-state index is 0.0786. The van der Waals surface area contributed by atoms with Crippen molar-refractivity contribution < 1.29 is 14.6 Å². The molecule has 0 aromatic heterocycles. The van der Waals surface area contributed by atoms with Gasteiger partial charge in [-0.15, -0.1) is 0 Å². The highest BCUT2D eigenvalue weighted by Crippen LogP contribution is 2.45. The van der Waals surface area contributed by atoms with E-state index in [4.69, 9.17) is 9.47 Å². The molecule has 0 radical (unpaired) electrons. The summed E-state index contributed by atoms with van der Waals surface area (Å²) in [5.41, 5.74) is 4.56. The first-order chi connectivity index (χ1) is 7.77. The van der Waals surface area contributed by atoms with E-state index >= 15 is 0 Å². The first-order valence-electron chi connectivity index (χ1n) is 5.77. The first kappa shape index (κ1) is 10.3. The molecular formula is C13H16O3. The van der Waals surface area contributed by atoms with Crippen LogP contribution in [0.15, 0.2) is 12.1 Å². The van der Waals surface area contributed by atoms with Crippen LogP contribution in [0.2, 0.25) is 0 Å². The standard InChI is InChI=1S/C13H16O3/c1-9-11(8-14)3-2-10-4-5-13(12(9)10)15-6-7-16-13/h2-3,14H,4-8H2,1H3. The zero-order valence-electron chi connectivity index (χ0n) is 9.45. The molecule has 3 nitrogen and oxygen atoms in total. The van der Waals surface area contributed by atoms with E-state index in [0.29, 0.717) is 13.2 Å². The SMILES string of the molecule is Cc1c(CO)ccc2c1C1(CC2)OCCO1. The van der Waals surface area contributed by atoms with Crippen molar-refractivity contribution in [3.63, 3.8) is 0 Å². The Morgan fingerprint density at radius 1 is 1.31 bits per heavy atom. The van der Waals surface area contributed by atoms with Gasteiger partial charge in [-0.2, -0.15) is 0 Å². The van der Waals surface area contributed by atoms with Gasteiger partial charge in [0.15, 0.2) is 5.79 Å². The van der Waals surface area contributed by atoms with E-state index in [9.17, 15) is 5.11 Å². The van der Waals surface area contributed by atoms with Gasteiger partial charge >= 0.3 is 0 Å². The van der Waals surface area contributed by atoms with Gasteiger partial charge in [-0.3, -0.25) is 0 Å². The summed E-state index contributed by atoms with van der Waals surface area (Å²) in [6.07, 6.45) is 1.90. The van der Waals surface area contributed by atoms with Crippen molar-refractivity contribution in [1.29, 1.82) is 0 Å². The number of hydrogen-bond acceptors (Lipinski definition) is 3. The van der Waals surface area contributed by atoms with E-state index in [2.05, 4.69) is 6.07 Å². The maximum absolute atomic E-state index is 9.30. The van der Waals surface area contributed by atoms with Crippen molar-refractivity contribution in [2.45, 2.75) is 32.2 Å². The van der Waals surface area contributed by atoms with Crippen LogP contribution < -0.4 is 0 Å². The summed E-state index contributed by atoms with van der Waals surface area (Å²) in [6, 6.07) is 4.09. The van der Waals surface area contributed by atoms with Crippen molar-refractivity contribution in [2.24, 2.45) is 0 Å². The van der Waals surface area contributed by atoms with Gasteiger partial charge in [0.25, 0.3) is 0 Å². The maximum atomic E-state index is 9.30. The van der Waals surface area contributed by atoms with Crippen LogP contribution in [-0.4, -0.2) is 18.3 Å². The topological polar surface area (TPSA) is 38.7 Å². The van der Waals surface area contributed by atoms with Crippen molar-refractivity contribution in [1.82, 2.24) is 0 Å². The average molecular weight is 220 g/mol. The number of benzene rings is 1. The molecule has 1 spiro atoms. The second kappa shape index (κ2) is 3.55. The summed E-state index contributed by atoms with van der Waals surface area (Å²) in [6.45, 7) is 3.46. The molecule has 3 rings (SSSR count). The van der Waals surface area contributed by atoms with Gasteiger partial charge in [0.1, 0.15) is 0 Å². The largest absolute Gasteiger partial charge is 0.392 e. The average Bonchev–Trinajstić information content (AvgIpc) is 2.89. The van der Waals surface area contributed by atoms with Crippen LogP contribution in [0.3, 0.4) is 0 Å². The molecule has 1 N–H and O–H groups in total. The molecule has 1 aromatic carbocycles. The summed E-state index contributed by atoms with van der Waals surface area (Å²) in [5.74, 6) is -0.509. The predicted octanol–water partition coefficient (Wildman–Crippen LogP) is 1.63. The lowest BCUT2D eigenvalue weighted by atomic mass is 9.96. The number of fused-ring (bicyclic) bond motifs is 2. The number of aryl methyl sites for hydroxylation is 1. The van der Waals surface area contributed by atoms with Gasteiger partial charge in [-0.25, -0.2) is 0 Å². The third-order valence-corrected chi connectivity index (χ3v) is 3.69. The monoisotopic (exact) mass is 220 g/mol. The number of aliphatic hydroxyl groups excluding tert-OH is 1. The van der Waals surface area contributed by atoms with E-state index in [1.807, 2.05) is 13.0 Å². The zero-order valence-corrected chi connectivity index (χ0v) is 9.45. The molecule has 1 saturated heterocycles. The third kappa shape index (κ3) is 1.25. The highest BCUT2D eigenvalue weighted by atomic mass is 16.7. The van der Waals surface area contributed by atoms with Crippen LogP contribution in [0.25, 0.3) is 0 Å². The molecule has 0 bridgehead atoms. The molecule has 1 heterocycles. The first-order valence-corrected chi connectivity index (χ1v) is 5.77. The van der Waals surface area contributed by atoms with Crippen LogP contribution in [0.4, 0.5) is 0 Å². The van der Waals surface area contributed by atoms with Crippen molar-refractivity contribution in [3.8, 4) is 0 Å². The Kier molecular flexibility index (Phi) is 2.28. The summed E-state index contributed by atoms with van der Waals surface area (Å²) < 4.78 is 11.6. The van der Waals surface area contributed by atoms with Crippen LogP contribution in [-0.2, 0) is 28.3 Å². The van der Waals surface area contributed by atoms with E-state index in [1.165, 1.54) is 5.56 Å². The fourth-order valence-electron chi connectivity index (χ4n) is 2.89. The Labute approximate surface area is 95.0 Å². The Hall–Kier alpha value is -0.900. The Morgan fingerprint density at radius 2 is 2.06 bits per heavy atom. The smallest absolute Gasteiger partial charge is 0.195 e. The second-order valence-electron chi connectivity index (χ2n) is 4.49. The molecule has 0 atom stereocenters. The number of ether oxygens (including phenoxy) is 2. The molecule has 1 aromatic rings. The lowest BCUT2D eigenvalue weighted by Gasteiger charge is -2.25. The van der Waals surface area contributed by atoms with E-state index < -0.39 is 5.79 Å². The zero-order chi connectivity index (χ0) is 11.2. The van der Waals surface area contributed by atoms with Gasteiger partial charge in [0.2, 0.25) is 0 Å². The van der Waals surface area contributed by atoms with Crippen molar-refractivity contribution in [3.05, 3.63) is 34.4 Å². The normalized spacial score (nSPS) is 21.6. The van der Waals surface area contributed by atoms with Gasteiger partial charge in [-0.1, -0.05) is 12.1 Å². The molecule has 1 aliphatic heterocycles. The maximum Gasteiger partial charge on any atom is 0.195 e. The Bertz CT molecular complexity index is 419. The van der Waals surface area contributed by atoms with Gasteiger partial charge in [0.05, 0.1) is 19.8 Å². The number of rotatable bonds is 1. The summed E-state index contributed by atoms with van der Waals surface area (Å²) in [5, 5.41) is 9.30. The van der Waals surface area contributed by atoms with E-state index in [1.54, 1.807) is 0 Å². The molecule has 16 heavy (non-hydrogen) atoms. The molecular weight excluding hydrogens is 204 g/mol. The molecule has 2 aliphatic rings. The minimum Gasteiger partial charge on any atom is -0.392 e. The fraction of sp³-hybridized carbons (Fsp3) is 0.538. The molecule has 1 aliphatic carbocycles. The lowest BCUT2D eigenvalue weighted by Crippen LogP contribution is -2.25. The van der Waals surface area contributed by atoms with Crippen LogP contribution in [0.5, 0.6) is 0 Å². The Morgan fingerprint density at radius 3 is 2.75 bits per heavy atom. The number of aliphatic hydroxyl groups is 1. The Balaban J connectivity index is 2.16. The molecule has 0 saturated carbocycles. The van der Waals surface area contributed by atoms with Gasteiger partial charge in [0, 0.05) is 12.0 Å². The fourth-order valence-corrected chi connectivity index (χ4v) is 2.89. The summed E-state index contributed by atoms with van der Waals surface area (Å²) >= 11 is 0. The molecule has 0 amide bonds. The van der Waals surface area contributed by atoms with Gasteiger partial charge < -0.3 is 14.6 Å². The molecule has 0 unspecified atom stereocenters. The molecule has 1 fully saturated rings. The lowest BCUT2D eigenvalue weighted by molar-refractivity contribution is -0.163. The number of hydrogen-bond donors (Lipinski definition) is 1.